The molecule has 4 rings (SSSR count). The number of hydrogen-bond acceptors (Lipinski definition) is 6. The minimum absolute atomic E-state index is 0.496. The van der Waals surface area contributed by atoms with Gasteiger partial charge in [0, 0.05) is 51.0 Å². The van der Waals surface area contributed by atoms with E-state index in [1.54, 1.807) is 0 Å². The third-order valence-corrected chi connectivity index (χ3v) is 4.89. The Bertz CT molecular complexity index is 661. The maximum absolute atomic E-state index is 5.35. The van der Waals surface area contributed by atoms with Crippen LogP contribution in [0.25, 0.3) is 0 Å². The molecule has 1 atom stereocenters. The molecule has 0 spiro atoms. The topological polar surface area (TPSA) is 63.2 Å². The van der Waals surface area contributed by atoms with Crippen LogP contribution in [0.2, 0.25) is 0 Å². The molecule has 0 amide bonds. The average Bonchev–Trinajstić information content (AvgIpc) is 3.15. The predicted octanol–water partition coefficient (Wildman–Crippen LogP) is 1.39. The molecule has 3 heterocycles. The lowest BCUT2D eigenvalue weighted by atomic mass is 10.2. The zero-order valence-electron chi connectivity index (χ0n) is 13.9. The third kappa shape index (κ3) is 3.30. The highest BCUT2D eigenvalue weighted by molar-refractivity contribution is 5.02. The Kier molecular flexibility index (Phi) is 3.90. The lowest BCUT2D eigenvalue weighted by Crippen LogP contribution is -2.51. The zero-order chi connectivity index (χ0) is 15.8. The molecule has 2 aromatic rings. The van der Waals surface area contributed by atoms with Crippen LogP contribution >= 0.6 is 0 Å². The lowest BCUT2D eigenvalue weighted by molar-refractivity contribution is 0.0688. The highest BCUT2D eigenvalue weighted by Gasteiger charge is 2.30. The lowest BCUT2D eigenvalue weighted by Gasteiger charge is -2.39. The van der Waals surface area contributed by atoms with Gasteiger partial charge in [0.1, 0.15) is 5.82 Å². The van der Waals surface area contributed by atoms with Gasteiger partial charge in [0.15, 0.2) is 5.82 Å². The van der Waals surface area contributed by atoms with Crippen molar-refractivity contribution in [3.8, 4) is 0 Å². The van der Waals surface area contributed by atoms with Crippen molar-refractivity contribution in [3.63, 3.8) is 0 Å². The van der Waals surface area contributed by atoms with Gasteiger partial charge < -0.3 is 9.09 Å². The Labute approximate surface area is 136 Å². The Hall–Kier alpha value is -1.73. The van der Waals surface area contributed by atoms with Gasteiger partial charge in [-0.2, -0.15) is 4.98 Å². The molecule has 0 unspecified atom stereocenters. The van der Waals surface area contributed by atoms with E-state index < -0.39 is 0 Å². The molecule has 2 fully saturated rings. The Morgan fingerprint density at radius 1 is 1.26 bits per heavy atom. The molecule has 2 aliphatic rings. The molecule has 7 heteroatoms. The van der Waals surface area contributed by atoms with Crippen molar-refractivity contribution in [1.82, 2.24) is 29.5 Å². The summed E-state index contributed by atoms with van der Waals surface area (Å²) in [4.78, 5) is 13.9. The first kappa shape index (κ1) is 14.8. The molecule has 1 saturated heterocycles. The van der Waals surface area contributed by atoms with E-state index in [1.807, 2.05) is 12.4 Å². The van der Waals surface area contributed by atoms with Crippen LogP contribution in [0.1, 0.15) is 43.2 Å². The number of nitrogens with zero attached hydrogens (tertiary/aromatic N) is 6. The number of hydrogen-bond donors (Lipinski definition) is 0. The highest BCUT2D eigenvalue weighted by Crippen LogP contribution is 2.38. The number of imidazole rings is 1. The highest BCUT2D eigenvalue weighted by atomic mass is 16.5. The van der Waals surface area contributed by atoms with Gasteiger partial charge in [-0.05, 0) is 19.8 Å². The first-order valence-corrected chi connectivity index (χ1v) is 8.44. The first-order chi connectivity index (χ1) is 11.2. The molecule has 1 saturated carbocycles. The summed E-state index contributed by atoms with van der Waals surface area (Å²) < 4.78 is 7.45. The fourth-order valence-electron chi connectivity index (χ4n) is 3.21. The first-order valence-electron chi connectivity index (χ1n) is 8.44. The molecule has 23 heavy (non-hydrogen) atoms. The molecule has 0 bridgehead atoms. The van der Waals surface area contributed by atoms with Gasteiger partial charge in [0.05, 0.1) is 13.1 Å². The second-order valence-corrected chi connectivity index (χ2v) is 6.83. The molecule has 0 aromatic carbocycles. The SMILES string of the molecule is C[C@@H]1CN(Cc2noc(C3CC3)n2)CCN1Cc1nccn1C. The van der Waals surface area contributed by atoms with Crippen LogP contribution in [0.15, 0.2) is 16.9 Å². The van der Waals surface area contributed by atoms with Crippen molar-refractivity contribution in [2.75, 3.05) is 19.6 Å². The summed E-state index contributed by atoms with van der Waals surface area (Å²) in [6, 6.07) is 0.496. The van der Waals surface area contributed by atoms with E-state index in [0.717, 1.165) is 50.3 Å². The second-order valence-electron chi connectivity index (χ2n) is 6.83. The number of aromatic nitrogens is 4. The summed E-state index contributed by atoms with van der Waals surface area (Å²) >= 11 is 0. The van der Waals surface area contributed by atoms with Crippen LogP contribution < -0.4 is 0 Å². The Balaban J connectivity index is 1.32. The number of piperazine rings is 1. The van der Waals surface area contributed by atoms with E-state index in [-0.39, 0.29) is 0 Å². The van der Waals surface area contributed by atoms with E-state index in [2.05, 4.69) is 43.5 Å². The molecular weight excluding hydrogens is 292 g/mol. The quantitative estimate of drug-likeness (QED) is 0.830. The van der Waals surface area contributed by atoms with E-state index in [0.29, 0.717) is 12.0 Å². The Morgan fingerprint density at radius 2 is 2.13 bits per heavy atom. The van der Waals surface area contributed by atoms with E-state index in [4.69, 9.17) is 4.52 Å². The van der Waals surface area contributed by atoms with Gasteiger partial charge in [-0.1, -0.05) is 5.16 Å². The summed E-state index contributed by atoms with van der Waals surface area (Å²) in [5.74, 6) is 3.32. The van der Waals surface area contributed by atoms with Crippen LogP contribution in [0, 0.1) is 0 Å². The summed E-state index contributed by atoms with van der Waals surface area (Å²) in [5, 5.41) is 4.13. The van der Waals surface area contributed by atoms with Crippen LogP contribution in [0.5, 0.6) is 0 Å². The zero-order valence-corrected chi connectivity index (χ0v) is 13.9. The molecule has 7 nitrogen and oxygen atoms in total. The molecular formula is C16H24N6O. The molecule has 0 N–H and O–H groups in total. The standard InChI is InChI=1S/C16H24N6O/c1-12-9-21(10-14-18-16(23-19-14)13-3-4-13)7-8-22(12)11-15-17-5-6-20(15)2/h5-6,12-13H,3-4,7-11H2,1-2H3/t12-/m1/s1. The fraction of sp³-hybridized carbons (Fsp3) is 0.688. The van der Waals surface area contributed by atoms with Crippen LogP contribution in [-0.4, -0.2) is 55.2 Å². The average molecular weight is 316 g/mol. The molecule has 124 valence electrons. The second kappa shape index (κ2) is 6.05. The van der Waals surface area contributed by atoms with Gasteiger partial charge in [-0.25, -0.2) is 4.98 Å². The van der Waals surface area contributed by atoms with Crippen molar-refractivity contribution in [3.05, 3.63) is 29.9 Å². The number of rotatable bonds is 5. The molecule has 0 radical (unpaired) electrons. The fourth-order valence-corrected chi connectivity index (χ4v) is 3.21. The summed E-state index contributed by atoms with van der Waals surface area (Å²) in [7, 11) is 2.05. The van der Waals surface area contributed by atoms with Gasteiger partial charge in [-0.15, -0.1) is 0 Å². The summed E-state index contributed by atoms with van der Waals surface area (Å²) in [6.45, 7) is 7.07. The van der Waals surface area contributed by atoms with Crippen LogP contribution in [0.4, 0.5) is 0 Å². The largest absolute Gasteiger partial charge is 0.339 e. The van der Waals surface area contributed by atoms with Crippen molar-refractivity contribution >= 4 is 0 Å². The maximum atomic E-state index is 5.35. The minimum Gasteiger partial charge on any atom is -0.339 e. The molecule has 1 aliphatic carbocycles. The van der Waals surface area contributed by atoms with E-state index in [1.165, 1.54) is 12.8 Å². The molecule has 2 aromatic heterocycles. The van der Waals surface area contributed by atoms with Crippen LogP contribution in [0.3, 0.4) is 0 Å². The number of aryl methyl sites for hydroxylation is 1. The Morgan fingerprint density at radius 3 is 2.83 bits per heavy atom. The van der Waals surface area contributed by atoms with Gasteiger partial charge in [-0.3, -0.25) is 9.80 Å². The van der Waals surface area contributed by atoms with Gasteiger partial charge >= 0.3 is 0 Å². The van der Waals surface area contributed by atoms with Gasteiger partial charge in [0.25, 0.3) is 0 Å². The monoisotopic (exact) mass is 316 g/mol. The van der Waals surface area contributed by atoms with Crippen molar-refractivity contribution in [2.24, 2.45) is 7.05 Å². The van der Waals surface area contributed by atoms with Gasteiger partial charge in [0.2, 0.25) is 5.89 Å². The van der Waals surface area contributed by atoms with Crippen molar-refractivity contribution in [2.45, 2.75) is 44.8 Å². The molecule has 1 aliphatic heterocycles. The third-order valence-electron chi connectivity index (χ3n) is 4.89. The van der Waals surface area contributed by atoms with E-state index >= 15 is 0 Å². The maximum Gasteiger partial charge on any atom is 0.229 e. The van der Waals surface area contributed by atoms with E-state index in [9.17, 15) is 0 Å². The smallest absolute Gasteiger partial charge is 0.229 e. The van der Waals surface area contributed by atoms with Crippen LogP contribution in [-0.2, 0) is 20.1 Å². The minimum atomic E-state index is 0.496. The normalized spacial score (nSPS) is 23.5. The van der Waals surface area contributed by atoms with Crippen molar-refractivity contribution < 1.29 is 4.52 Å². The summed E-state index contributed by atoms with van der Waals surface area (Å²) in [5.41, 5.74) is 0. The predicted molar refractivity (Wildman–Crippen MR) is 84.6 cm³/mol. The van der Waals surface area contributed by atoms with Crippen molar-refractivity contribution in [1.29, 1.82) is 0 Å². The summed E-state index contributed by atoms with van der Waals surface area (Å²) in [6.07, 6.45) is 6.27.